The topological polar surface area (TPSA) is 139 Å². The highest BCUT2D eigenvalue weighted by Gasteiger charge is 2.16. The van der Waals surface area contributed by atoms with Crippen molar-refractivity contribution in [1.29, 1.82) is 0 Å². The minimum atomic E-state index is -0.621. The molecule has 2 amide bonds. The number of hydrogen-bond acceptors (Lipinski definition) is 8. The Balaban J connectivity index is 1.61. The van der Waals surface area contributed by atoms with Gasteiger partial charge in [0, 0.05) is 12.6 Å². The predicted octanol–water partition coefficient (Wildman–Crippen LogP) is 2.28. The average molecular weight is 412 g/mol. The Kier molecular flexibility index (Phi) is 6.48. The van der Waals surface area contributed by atoms with Crippen LogP contribution in [0.5, 0.6) is 11.5 Å². The van der Waals surface area contributed by atoms with Gasteiger partial charge in [-0.15, -0.1) is 0 Å². The van der Waals surface area contributed by atoms with E-state index in [4.69, 9.17) is 24.5 Å². The Hall–Kier alpha value is -4.08. The zero-order valence-corrected chi connectivity index (χ0v) is 16.4. The molecule has 0 fully saturated rings. The fourth-order valence-corrected chi connectivity index (χ4v) is 2.56. The summed E-state index contributed by atoms with van der Waals surface area (Å²) in [5.41, 5.74) is 6.77. The molecule has 0 unspecified atom stereocenters. The summed E-state index contributed by atoms with van der Waals surface area (Å²) in [7, 11) is 3.08. The van der Waals surface area contributed by atoms with E-state index in [-0.39, 0.29) is 19.0 Å². The van der Waals surface area contributed by atoms with Crippen LogP contribution in [0.4, 0.5) is 4.79 Å². The second-order valence-electron chi connectivity index (χ2n) is 6.07. The average Bonchev–Trinajstić information content (AvgIpc) is 3.24. The van der Waals surface area contributed by atoms with Gasteiger partial charge in [0.2, 0.25) is 5.82 Å². The Bertz CT molecular complexity index is 1030. The minimum Gasteiger partial charge on any atom is -0.497 e. The number of aromatic nitrogens is 2. The summed E-state index contributed by atoms with van der Waals surface area (Å²) < 4.78 is 20.9. The van der Waals surface area contributed by atoms with Crippen LogP contribution in [0.1, 0.15) is 21.8 Å². The molecule has 0 radical (unpaired) electrons. The number of methoxy groups -OCH3 is 2. The number of carbonyl (C=O) groups is 2. The van der Waals surface area contributed by atoms with Crippen LogP contribution in [0.3, 0.4) is 0 Å². The van der Waals surface area contributed by atoms with E-state index in [2.05, 4.69) is 15.5 Å². The first kappa shape index (κ1) is 20.6. The van der Waals surface area contributed by atoms with Gasteiger partial charge in [0.15, 0.2) is 6.61 Å². The lowest BCUT2D eigenvalue weighted by molar-refractivity contribution is 0.0430. The molecule has 0 saturated carbocycles. The van der Waals surface area contributed by atoms with Crippen molar-refractivity contribution >= 4 is 12.0 Å². The number of urea groups is 1. The standard InChI is InChI=1S/C20H20N4O6/c1-27-14-7-8-15(16(9-14)28-2)18-23-17(30-24-18)11-29-19(25)13-5-3-12(4-6-13)10-22-20(21)26/h3-9H,10-11H2,1-2H3,(H3,21,22,26). The normalized spacial score (nSPS) is 10.3. The first-order chi connectivity index (χ1) is 14.5. The van der Waals surface area contributed by atoms with Crippen LogP contribution in [-0.4, -0.2) is 36.4 Å². The van der Waals surface area contributed by atoms with E-state index in [1.165, 1.54) is 7.11 Å². The SMILES string of the molecule is COc1ccc(-c2noc(COC(=O)c3ccc(CNC(N)=O)cc3)n2)c(OC)c1. The molecule has 10 nitrogen and oxygen atoms in total. The van der Waals surface area contributed by atoms with Crippen LogP contribution >= 0.6 is 0 Å². The van der Waals surface area contributed by atoms with Gasteiger partial charge in [0.05, 0.1) is 25.3 Å². The fourth-order valence-electron chi connectivity index (χ4n) is 2.56. The maximum atomic E-state index is 12.2. The third-order valence-electron chi connectivity index (χ3n) is 4.10. The van der Waals surface area contributed by atoms with Gasteiger partial charge in [0.25, 0.3) is 5.89 Å². The number of nitrogens with zero attached hydrogens (tertiary/aromatic N) is 2. The van der Waals surface area contributed by atoms with Crippen molar-refractivity contribution in [2.24, 2.45) is 5.73 Å². The summed E-state index contributed by atoms with van der Waals surface area (Å²) in [4.78, 5) is 27.2. The second kappa shape index (κ2) is 9.41. The third-order valence-corrected chi connectivity index (χ3v) is 4.10. The highest BCUT2D eigenvalue weighted by atomic mass is 16.6. The number of hydrogen-bond donors (Lipinski definition) is 2. The number of nitrogens with one attached hydrogen (secondary N) is 1. The largest absolute Gasteiger partial charge is 0.497 e. The number of esters is 1. The molecule has 1 heterocycles. The second-order valence-corrected chi connectivity index (χ2v) is 6.07. The molecule has 1 aromatic heterocycles. The predicted molar refractivity (Wildman–Crippen MR) is 105 cm³/mol. The van der Waals surface area contributed by atoms with Gasteiger partial charge in [-0.3, -0.25) is 0 Å². The van der Waals surface area contributed by atoms with Crippen molar-refractivity contribution < 1.29 is 28.3 Å². The lowest BCUT2D eigenvalue weighted by atomic mass is 10.1. The first-order valence-electron chi connectivity index (χ1n) is 8.84. The van der Waals surface area contributed by atoms with Gasteiger partial charge in [-0.05, 0) is 29.8 Å². The molecule has 0 aliphatic heterocycles. The summed E-state index contributed by atoms with van der Waals surface area (Å²) in [5.74, 6) is 1.03. The van der Waals surface area contributed by atoms with E-state index >= 15 is 0 Å². The van der Waals surface area contributed by atoms with Crippen LogP contribution in [0.15, 0.2) is 47.0 Å². The Morgan fingerprint density at radius 2 is 1.87 bits per heavy atom. The molecule has 0 aliphatic carbocycles. The highest BCUT2D eigenvalue weighted by Crippen LogP contribution is 2.31. The van der Waals surface area contributed by atoms with E-state index in [0.717, 1.165) is 5.56 Å². The molecule has 0 saturated heterocycles. The number of benzene rings is 2. The number of rotatable bonds is 8. The van der Waals surface area contributed by atoms with Gasteiger partial charge >= 0.3 is 12.0 Å². The molecule has 3 N–H and O–H groups in total. The van der Waals surface area contributed by atoms with Gasteiger partial charge < -0.3 is 29.8 Å². The molecule has 3 aromatic rings. The monoisotopic (exact) mass is 412 g/mol. The van der Waals surface area contributed by atoms with Crippen LogP contribution in [0.2, 0.25) is 0 Å². The molecular weight excluding hydrogens is 392 g/mol. The highest BCUT2D eigenvalue weighted by molar-refractivity contribution is 5.89. The Morgan fingerprint density at radius 1 is 1.10 bits per heavy atom. The molecule has 3 rings (SSSR count). The van der Waals surface area contributed by atoms with Crippen LogP contribution < -0.4 is 20.5 Å². The van der Waals surface area contributed by atoms with Gasteiger partial charge in [-0.2, -0.15) is 4.98 Å². The quantitative estimate of drug-likeness (QED) is 0.537. The molecule has 2 aromatic carbocycles. The van der Waals surface area contributed by atoms with Crippen molar-refractivity contribution in [3.8, 4) is 22.9 Å². The summed E-state index contributed by atoms with van der Waals surface area (Å²) in [6.45, 7) is 0.0829. The fraction of sp³-hybridized carbons (Fsp3) is 0.200. The summed E-state index contributed by atoms with van der Waals surface area (Å²) >= 11 is 0. The zero-order valence-electron chi connectivity index (χ0n) is 16.4. The van der Waals surface area contributed by atoms with E-state index in [0.29, 0.717) is 28.5 Å². The van der Waals surface area contributed by atoms with Crippen LogP contribution in [-0.2, 0) is 17.9 Å². The Morgan fingerprint density at radius 3 is 2.53 bits per heavy atom. The smallest absolute Gasteiger partial charge is 0.338 e. The minimum absolute atomic E-state index is 0.137. The van der Waals surface area contributed by atoms with Crippen molar-refractivity contribution in [2.75, 3.05) is 14.2 Å². The van der Waals surface area contributed by atoms with Crippen molar-refractivity contribution in [3.05, 3.63) is 59.5 Å². The Labute approximate surface area is 171 Å². The lowest BCUT2D eigenvalue weighted by Crippen LogP contribution is -2.28. The summed E-state index contributed by atoms with van der Waals surface area (Å²) in [6.07, 6.45) is 0. The molecule has 0 aliphatic rings. The van der Waals surface area contributed by atoms with E-state index in [9.17, 15) is 9.59 Å². The number of ether oxygens (including phenoxy) is 3. The number of amides is 2. The number of nitrogens with two attached hydrogens (primary N) is 1. The van der Waals surface area contributed by atoms with Crippen molar-refractivity contribution in [3.63, 3.8) is 0 Å². The molecule has 0 spiro atoms. The summed E-state index contributed by atoms with van der Waals surface area (Å²) in [5, 5.41) is 6.37. The molecule has 0 atom stereocenters. The van der Waals surface area contributed by atoms with E-state index in [1.54, 1.807) is 49.6 Å². The molecular formula is C20H20N4O6. The third kappa shape index (κ3) is 5.04. The lowest BCUT2D eigenvalue weighted by Gasteiger charge is -2.07. The van der Waals surface area contributed by atoms with Gasteiger partial charge in [-0.1, -0.05) is 17.3 Å². The van der Waals surface area contributed by atoms with Gasteiger partial charge in [-0.25, -0.2) is 9.59 Å². The number of carbonyl (C=O) groups excluding carboxylic acids is 2. The maximum Gasteiger partial charge on any atom is 0.338 e. The van der Waals surface area contributed by atoms with E-state index in [1.807, 2.05) is 0 Å². The van der Waals surface area contributed by atoms with Crippen LogP contribution in [0.25, 0.3) is 11.4 Å². The zero-order chi connectivity index (χ0) is 21.5. The molecule has 30 heavy (non-hydrogen) atoms. The first-order valence-corrected chi connectivity index (χ1v) is 8.84. The van der Waals surface area contributed by atoms with E-state index < -0.39 is 12.0 Å². The molecule has 10 heteroatoms. The van der Waals surface area contributed by atoms with Crippen molar-refractivity contribution in [2.45, 2.75) is 13.2 Å². The van der Waals surface area contributed by atoms with Crippen molar-refractivity contribution in [1.82, 2.24) is 15.5 Å². The number of primary amides is 1. The summed E-state index contributed by atoms with van der Waals surface area (Å²) in [6, 6.07) is 11.1. The molecule has 0 bridgehead atoms. The van der Waals surface area contributed by atoms with Crippen LogP contribution in [0, 0.1) is 0 Å². The maximum absolute atomic E-state index is 12.2. The molecule has 156 valence electrons. The van der Waals surface area contributed by atoms with Gasteiger partial charge in [0.1, 0.15) is 11.5 Å².